The van der Waals surface area contributed by atoms with Crippen molar-refractivity contribution in [3.8, 4) is 5.75 Å². The van der Waals surface area contributed by atoms with Gasteiger partial charge in [-0.3, -0.25) is 4.99 Å². The maximum atomic E-state index is 5.77. The summed E-state index contributed by atoms with van der Waals surface area (Å²) in [5, 5.41) is 0. The molecule has 0 unspecified atom stereocenters. The Hall–Kier alpha value is -1.61. The average Bonchev–Trinajstić information content (AvgIpc) is 2.45. The third-order valence-electron chi connectivity index (χ3n) is 2.56. The zero-order chi connectivity index (χ0) is 13.5. The SMILES string of the molecule is CCCOc1c(Br)cccc1C=Nc1ccccc1. The third kappa shape index (κ3) is 3.93. The van der Waals surface area contributed by atoms with Gasteiger partial charge < -0.3 is 4.74 Å². The van der Waals surface area contributed by atoms with E-state index in [0.29, 0.717) is 6.61 Å². The summed E-state index contributed by atoms with van der Waals surface area (Å²) in [5.41, 5.74) is 1.91. The maximum absolute atomic E-state index is 5.77. The van der Waals surface area contributed by atoms with Crippen molar-refractivity contribution in [3.05, 3.63) is 58.6 Å². The van der Waals surface area contributed by atoms with E-state index in [-0.39, 0.29) is 0 Å². The summed E-state index contributed by atoms with van der Waals surface area (Å²) in [6.07, 6.45) is 2.82. The normalized spacial score (nSPS) is 10.8. The van der Waals surface area contributed by atoms with E-state index in [1.807, 2.05) is 54.7 Å². The summed E-state index contributed by atoms with van der Waals surface area (Å²) in [6, 6.07) is 15.8. The summed E-state index contributed by atoms with van der Waals surface area (Å²) in [7, 11) is 0. The van der Waals surface area contributed by atoms with Gasteiger partial charge in [0.25, 0.3) is 0 Å². The van der Waals surface area contributed by atoms with Crippen LogP contribution in [0.5, 0.6) is 5.75 Å². The predicted molar refractivity (Wildman–Crippen MR) is 83.6 cm³/mol. The van der Waals surface area contributed by atoms with Gasteiger partial charge in [0.2, 0.25) is 0 Å². The number of benzene rings is 2. The molecule has 0 spiro atoms. The second-order valence-corrected chi connectivity index (χ2v) is 4.95. The zero-order valence-electron chi connectivity index (χ0n) is 10.8. The van der Waals surface area contributed by atoms with Crippen molar-refractivity contribution in [1.82, 2.24) is 0 Å². The van der Waals surface area contributed by atoms with Gasteiger partial charge in [-0.05, 0) is 46.6 Å². The molecule has 0 atom stereocenters. The van der Waals surface area contributed by atoms with Crippen molar-refractivity contribution >= 4 is 27.8 Å². The number of hydrogen-bond donors (Lipinski definition) is 0. The molecule has 0 amide bonds. The molecule has 0 aromatic heterocycles. The lowest BCUT2D eigenvalue weighted by atomic mass is 10.2. The van der Waals surface area contributed by atoms with E-state index < -0.39 is 0 Å². The Kier molecular flexibility index (Phi) is 5.16. The lowest BCUT2D eigenvalue weighted by Crippen LogP contribution is -1.99. The van der Waals surface area contributed by atoms with Crippen LogP contribution in [0.2, 0.25) is 0 Å². The summed E-state index contributed by atoms with van der Waals surface area (Å²) in [6.45, 7) is 2.80. The molecule has 0 aliphatic heterocycles. The first kappa shape index (κ1) is 13.8. The summed E-state index contributed by atoms with van der Waals surface area (Å²) in [5.74, 6) is 0.851. The first-order valence-corrected chi connectivity index (χ1v) is 7.11. The van der Waals surface area contributed by atoms with E-state index in [0.717, 1.165) is 27.9 Å². The van der Waals surface area contributed by atoms with Crippen LogP contribution >= 0.6 is 15.9 Å². The molecule has 0 saturated heterocycles. The third-order valence-corrected chi connectivity index (χ3v) is 3.18. The highest BCUT2D eigenvalue weighted by Gasteiger charge is 2.05. The van der Waals surface area contributed by atoms with Crippen LogP contribution in [-0.4, -0.2) is 12.8 Å². The minimum Gasteiger partial charge on any atom is -0.492 e. The molecule has 0 heterocycles. The smallest absolute Gasteiger partial charge is 0.142 e. The molecule has 0 N–H and O–H groups in total. The van der Waals surface area contributed by atoms with Crippen LogP contribution < -0.4 is 4.74 Å². The highest BCUT2D eigenvalue weighted by Crippen LogP contribution is 2.28. The Bertz CT molecular complexity index is 552. The number of aliphatic imine (C=N–C) groups is 1. The number of para-hydroxylation sites is 2. The Balaban J connectivity index is 2.24. The molecule has 0 radical (unpaired) electrons. The number of halogens is 1. The molecule has 0 bridgehead atoms. The largest absolute Gasteiger partial charge is 0.492 e. The lowest BCUT2D eigenvalue weighted by Gasteiger charge is -2.09. The van der Waals surface area contributed by atoms with Gasteiger partial charge in [-0.25, -0.2) is 0 Å². The summed E-state index contributed by atoms with van der Waals surface area (Å²) < 4.78 is 6.72. The van der Waals surface area contributed by atoms with Crippen LogP contribution in [0.1, 0.15) is 18.9 Å². The topological polar surface area (TPSA) is 21.6 Å². The molecule has 2 aromatic rings. The van der Waals surface area contributed by atoms with Gasteiger partial charge in [-0.2, -0.15) is 0 Å². The average molecular weight is 318 g/mol. The second-order valence-electron chi connectivity index (χ2n) is 4.10. The van der Waals surface area contributed by atoms with E-state index in [2.05, 4.69) is 27.8 Å². The fourth-order valence-corrected chi connectivity index (χ4v) is 2.14. The monoisotopic (exact) mass is 317 g/mol. The Morgan fingerprint density at radius 1 is 1.11 bits per heavy atom. The highest BCUT2D eigenvalue weighted by molar-refractivity contribution is 9.10. The van der Waals surface area contributed by atoms with E-state index in [1.165, 1.54) is 0 Å². The Morgan fingerprint density at radius 2 is 1.89 bits per heavy atom. The standard InChI is InChI=1S/C16H16BrNO/c1-2-11-19-16-13(7-6-10-15(16)17)12-18-14-8-4-3-5-9-14/h3-10,12H,2,11H2,1H3. The highest BCUT2D eigenvalue weighted by atomic mass is 79.9. The minimum absolute atomic E-state index is 0.703. The van der Waals surface area contributed by atoms with Crippen LogP contribution in [0.3, 0.4) is 0 Å². The van der Waals surface area contributed by atoms with Crippen LogP contribution in [-0.2, 0) is 0 Å². The van der Waals surface area contributed by atoms with E-state index in [1.54, 1.807) is 0 Å². The maximum Gasteiger partial charge on any atom is 0.142 e. The first-order chi connectivity index (χ1) is 9.31. The molecule has 0 fully saturated rings. The van der Waals surface area contributed by atoms with Crippen LogP contribution in [0, 0.1) is 0 Å². The van der Waals surface area contributed by atoms with Gasteiger partial charge in [0.1, 0.15) is 5.75 Å². The molecular weight excluding hydrogens is 302 g/mol. The summed E-state index contributed by atoms with van der Waals surface area (Å²) in [4.78, 5) is 4.46. The molecule has 0 aliphatic rings. The van der Waals surface area contributed by atoms with Crippen LogP contribution in [0.4, 0.5) is 5.69 Å². The van der Waals surface area contributed by atoms with Gasteiger partial charge in [0.05, 0.1) is 16.8 Å². The Morgan fingerprint density at radius 3 is 2.63 bits per heavy atom. The van der Waals surface area contributed by atoms with Crippen molar-refractivity contribution in [3.63, 3.8) is 0 Å². The van der Waals surface area contributed by atoms with Crippen molar-refractivity contribution in [2.45, 2.75) is 13.3 Å². The number of ether oxygens (including phenoxy) is 1. The van der Waals surface area contributed by atoms with Crippen LogP contribution in [0.25, 0.3) is 0 Å². The molecule has 2 rings (SSSR count). The van der Waals surface area contributed by atoms with Crippen molar-refractivity contribution < 1.29 is 4.74 Å². The zero-order valence-corrected chi connectivity index (χ0v) is 12.4. The molecule has 98 valence electrons. The first-order valence-electron chi connectivity index (χ1n) is 6.31. The number of nitrogens with zero attached hydrogens (tertiary/aromatic N) is 1. The lowest BCUT2D eigenvalue weighted by molar-refractivity contribution is 0.315. The quantitative estimate of drug-likeness (QED) is 0.712. The molecular formula is C16H16BrNO. The molecule has 2 nitrogen and oxygen atoms in total. The molecule has 3 heteroatoms. The molecule has 2 aromatic carbocycles. The van der Waals surface area contributed by atoms with E-state index >= 15 is 0 Å². The Labute approximate surface area is 122 Å². The fourth-order valence-electron chi connectivity index (χ4n) is 1.64. The summed E-state index contributed by atoms with van der Waals surface area (Å²) >= 11 is 3.52. The van der Waals surface area contributed by atoms with Gasteiger partial charge in [0, 0.05) is 11.8 Å². The fraction of sp³-hybridized carbons (Fsp3) is 0.188. The number of rotatable bonds is 5. The van der Waals surface area contributed by atoms with E-state index in [9.17, 15) is 0 Å². The number of hydrogen-bond acceptors (Lipinski definition) is 2. The molecule has 19 heavy (non-hydrogen) atoms. The van der Waals surface area contributed by atoms with E-state index in [4.69, 9.17) is 4.74 Å². The van der Waals surface area contributed by atoms with Crippen molar-refractivity contribution in [1.29, 1.82) is 0 Å². The predicted octanol–water partition coefficient (Wildman–Crippen LogP) is 4.99. The van der Waals surface area contributed by atoms with Crippen LogP contribution in [0.15, 0.2) is 58.0 Å². The molecule has 0 aliphatic carbocycles. The van der Waals surface area contributed by atoms with Gasteiger partial charge in [-0.1, -0.05) is 31.2 Å². The van der Waals surface area contributed by atoms with Crippen molar-refractivity contribution in [2.24, 2.45) is 4.99 Å². The van der Waals surface area contributed by atoms with Gasteiger partial charge >= 0.3 is 0 Å². The van der Waals surface area contributed by atoms with Gasteiger partial charge in [0.15, 0.2) is 0 Å². The second kappa shape index (κ2) is 7.10. The van der Waals surface area contributed by atoms with Crippen molar-refractivity contribution in [2.75, 3.05) is 6.61 Å². The van der Waals surface area contributed by atoms with Gasteiger partial charge in [-0.15, -0.1) is 0 Å². The molecule has 0 saturated carbocycles. The minimum atomic E-state index is 0.703.